The molecule has 94 valence electrons. The van der Waals surface area contributed by atoms with E-state index in [-0.39, 0.29) is 11.7 Å². The van der Waals surface area contributed by atoms with Crippen LogP contribution in [0.4, 0.5) is 5.69 Å². The molecule has 19 heavy (non-hydrogen) atoms. The summed E-state index contributed by atoms with van der Waals surface area (Å²) in [6, 6.07) is 14.7. The Hall–Kier alpha value is -2.32. The number of hydrogen-bond acceptors (Lipinski definition) is 4. The Bertz CT molecular complexity index is 608. The number of aromatic nitrogens is 1. The summed E-state index contributed by atoms with van der Waals surface area (Å²) in [6.45, 7) is 0. The molecule has 0 aliphatic heterocycles. The molecule has 2 rings (SSSR count). The van der Waals surface area contributed by atoms with Gasteiger partial charge in [-0.25, -0.2) is 4.98 Å². The van der Waals surface area contributed by atoms with Crippen molar-refractivity contribution in [3.05, 3.63) is 54.2 Å². The van der Waals surface area contributed by atoms with Gasteiger partial charge in [0.15, 0.2) is 0 Å². The zero-order valence-electron chi connectivity index (χ0n) is 10.0. The highest BCUT2D eigenvalue weighted by Crippen LogP contribution is 2.19. The number of benzene rings is 1. The van der Waals surface area contributed by atoms with Crippen molar-refractivity contribution in [2.24, 2.45) is 0 Å². The summed E-state index contributed by atoms with van der Waals surface area (Å²) < 4.78 is 0. The lowest BCUT2D eigenvalue weighted by Crippen LogP contribution is -2.14. The molecule has 0 spiro atoms. The van der Waals surface area contributed by atoms with Crippen LogP contribution in [-0.4, -0.2) is 16.6 Å². The summed E-state index contributed by atoms with van der Waals surface area (Å²) in [5.74, 6) is 0.103. The Morgan fingerprint density at radius 1 is 1.26 bits per heavy atom. The lowest BCUT2D eigenvalue weighted by molar-refractivity contribution is -0.113. The maximum Gasteiger partial charge on any atom is 0.234 e. The molecule has 1 N–H and O–H groups in total. The highest BCUT2D eigenvalue weighted by atomic mass is 32.2. The Kier molecular flexibility index (Phi) is 4.54. The van der Waals surface area contributed by atoms with Crippen molar-refractivity contribution >= 4 is 23.4 Å². The van der Waals surface area contributed by atoms with Crippen LogP contribution in [-0.2, 0) is 4.79 Å². The first-order chi connectivity index (χ1) is 9.29. The van der Waals surface area contributed by atoms with Gasteiger partial charge in [0.05, 0.1) is 11.3 Å². The van der Waals surface area contributed by atoms with E-state index in [2.05, 4.69) is 16.4 Å². The molecule has 0 saturated heterocycles. The van der Waals surface area contributed by atoms with E-state index in [1.807, 2.05) is 30.3 Å². The lowest BCUT2D eigenvalue weighted by atomic mass is 10.3. The van der Waals surface area contributed by atoms with Crippen LogP contribution in [0, 0.1) is 11.3 Å². The first-order valence-electron chi connectivity index (χ1n) is 5.62. The van der Waals surface area contributed by atoms with E-state index in [0.29, 0.717) is 10.6 Å². The van der Waals surface area contributed by atoms with Crippen molar-refractivity contribution in [3.8, 4) is 6.07 Å². The minimum absolute atomic E-state index is 0.120. The molecule has 0 fully saturated rings. The van der Waals surface area contributed by atoms with Crippen molar-refractivity contribution in [2.75, 3.05) is 11.1 Å². The standard InChI is InChI=1S/C14H11N3OS/c15-9-11-5-4-8-16-14(11)19-10-13(18)17-12-6-2-1-3-7-12/h1-8H,10H2,(H,17,18). The Labute approximate surface area is 115 Å². The molecule has 0 aliphatic rings. The van der Waals surface area contributed by atoms with Crippen molar-refractivity contribution in [3.63, 3.8) is 0 Å². The summed E-state index contributed by atoms with van der Waals surface area (Å²) >= 11 is 1.25. The highest BCUT2D eigenvalue weighted by Gasteiger charge is 2.07. The molecule has 5 heteroatoms. The maximum atomic E-state index is 11.7. The topological polar surface area (TPSA) is 65.8 Å². The quantitative estimate of drug-likeness (QED) is 0.867. The van der Waals surface area contributed by atoms with Crippen LogP contribution in [0.3, 0.4) is 0 Å². The molecule has 1 aromatic heterocycles. The monoisotopic (exact) mass is 269 g/mol. The van der Waals surface area contributed by atoms with Crippen molar-refractivity contribution < 1.29 is 4.79 Å². The van der Waals surface area contributed by atoms with Crippen molar-refractivity contribution in [1.29, 1.82) is 5.26 Å². The average Bonchev–Trinajstić information content (AvgIpc) is 2.46. The van der Waals surface area contributed by atoms with Gasteiger partial charge in [-0.15, -0.1) is 0 Å². The second kappa shape index (κ2) is 6.57. The SMILES string of the molecule is N#Cc1cccnc1SCC(=O)Nc1ccccc1. The number of rotatable bonds is 4. The van der Waals surface area contributed by atoms with Crippen LogP contribution < -0.4 is 5.32 Å². The number of anilines is 1. The predicted octanol–water partition coefficient (Wildman–Crippen LogP) is 2.68. The number of amides is 1. The number of nitriles is 1. The fourth-order valence-electron chi connectivity index (χ4n) is 1.44. The molecule has 0 aliphatic carbocycles. The van der Waals surface area contributed by atoms with E-state index in [1.54, 1.807) is 18.3 Å². The Morgan fingerprint density at radius 2 is 2.05 bits per heavy atom. The van der Waals surface area contributed by atoms with Crippen LogP contribution in [0.15, 0.2) is 53.7 Å². The minimum Gasteiger partial charge on any atom is -0.325 e. The summed E-state index contributed by atoms with van der Waals surface area (Å²) in [5.41, 5.74) is 1.25. The summed E-state index contributed by atoms with van der Waals surface area (Å²) in [4.78, 5) is 15.8. The molecule has 0 atom stereocenters. The number of hydrogen-bond donors (Lipinski definition) is 1. The van der Waals surface area contributed by atoms with Gasteiger partial charge >= 0.3 is 0 Å². The predicted molar refractivity (Wildman–Crippen MR) is 74.7 cm³/mol. The summed E-state index contributed by atoms with van der Waals surface area (Å²) in [5, 5.41) is 12.3. The van der Waals surface area contributed by atoms with Crippen molar-refractivity contribution in [1.82, 2.24) is 4.98 Å². The van der Waals surface area contributed by atoms with Crippen LogP contribution in [0.5, 0.6) is 0 Å². The van der Waals surface area contributed by atoms with Gasteiger partial charge in [0, 0.05) is 11.9 Å². The number of pyridine rings is 1. The van der Waals surface area contributed by atoms with E-state index < -0.39 is 0 Å². The molecule has 0 saturated carbocycles. The van der Waals surface area contributed by atoms with Gasteiger partial charge < -0.3 is 5.32 Å². The maximum absolute atomic E-state index is 11.7. The number of carbonyl (C=O) groups is 1. The number of nitrogens with one attached hydrogen (secondary N) is 1. The van der Waals surface area contributed by atoms with E-state index in [4.69, 9.17) is 5.26 Å². The fraction of sp³-hybridized carbons (Fsp3) is 0.0714. The third kappa shape index (κ3) is 3.83. The normalized spacial score (nSPS) is 9.63. The van der Waals surface area contributed by atoms with Gasteiger partial charge in [0.2, 0.25) is 5.91 Å². The van der Waals surface area contributed by atoms with E-state index in [9.17, 15) is 4.79 Å². The van der Waals surface area contributed by atoms with Gasteiger partial charge in [-0.2, -0.15) is 5.26 Å². The molecule has 2 aromatic rings. The summed E-state index contributed by atoms with van der Waals surface area (Å²) in [7, 11) is 0. The molecule has 0 radical (unpaired) electrons. The van der Waals surface area contributed by atoms with Gasteiger partial charge in [-0.3, -0.25) is 4.79 Å². The molecular formula is C14H11N3OS. The number of nitrogens with zero attached hydrogens (tertiary/aromatic N) is 2. The Balaban J connectivity index is 1.92. The Morgan fingerprint density at radius 3 is 2.79 bits per heavy atom. The first kappa shape index (κ1) is 13.1. The fourth-order valence-corrected chi connectivity index (χ4v) is 2.19. The first-order valence-corrected chi connectivity index (χ1v) is 6.61. The van der Waals surface area contributed by atoms with Gasteiger partial charge in [-0.05, 0) is 24.3 Å². The van der Waals surface area contributed by atoms with Crippen LogP contribution >= 0.6 is 11.8 Å². The molecule has 1 aromatic carbocycles. The molecule has 0 bridgehead atoms. The third-order valence-corrected chi connectivity index (χ3v) is 3.29. The minimum atomic E-state index is -0.120. The molecular weight excluding hydrogens is 258 g/mol. The molecule has 0 unspecified atom stereocenters. The lowest BCUT2D eigenvalue weighted by Gasteiger charge is -2.05. The number of para-hydroxylation sites is 1. The number of thioether (sulfide) groups is 1. The van der Waals surface area contributed by atoms with Crippen LogP contribution in [0.1, 0.15) is 5.56 Å². The zero-order chi connectivity index (χ0) is 13.5. The van der Waals surface area contributed by atoms with E-state index in [1.165, 1.54) is 11.8 Å². The van der Waals surface area contributed by atoms with Crippen LogP contribution in [0.25, 0.3) is 0 Å². The van der Waals surface area contributed by atoms with Gasteiger partial charge in [0.25, 0.3) is 0 Å². The van der Waals surface area contributed by atoms with Crippen LogP contribution in [0.2, 0.25) is 0 Å². The zero-order valence-corrected chi connectivity index (χ0v) is 10.9. The largest absolute Gasteiger partial charge is 0.325 e. The van der Waals surface area contributed by atoms with Gasteiger partial charge in [-0.1, -0.05) is 30.0 Å². The smallest absolute Gasteiger partial charge is 0.234 e. The molecule has 4 nitrogen and oxygen atoms in total. The molecule has 1 amide bonds. The van der Waals surface area contributed by atoms with E-state index >= 15 is 0 Å². The molecule has 1 heterocycles. The summed E-state index contributed by atoms with van der Waals surface area (Å²) in [6.07, 6.45) is 1.61. The second-order valence-electron chi connectivity index (χ2n) is 3.67. The number of carbonyl (C=O) groups excluding carboxylic acids is 1. The average molecular weight is 269 g/mol. The van der Waals surface area contributed by atoms with E-state index in [0.717, 1.165) is 5.69 Å². The van der Waals surface area contributed by atoms with Gasteiger partial charge in [0.1, 0.15) is 11.1 Å². The third-order valence-electron chi connectivity index (χ3n) is 2.29. The highest BCUT2D eigenvalue weighted by molar-refractivity contribution is 8.00. The second-order valence-corrected chi connectivity index (χ2v) is 4.63. The van der Waals surface area contributed by atoms with Crippen molar-refractivity contribution in [2.45, 2.75) is 5.03 Å².